The van der Waals surface area contributed by atoms with E-state index in [1.54, 1.807) is 16.2 Å². The van der Waals surface area contributed by atoms with Gasteiger partial charge in [-0.2, -0.15) is 0 Å². The Morgan fingerprint density at radius 1 is 1.11 bits per heavy atom. The van der Waals surface area contributed by atoms with Crippen molar-refractivity contribution in [2.75, 3.05) is 42.5 Å². The van der Waals surface area contributed by atoms with Crippen molar-refractivity contribution in [1.82, 2.24) is 9.88 Å². The van der Waals surface area contributed by atoms with Crippen LogP contribution in [0.5, 0.6) is 0 Å². The van der Waals surface area contributed by atoms with E-state index in [-0.39, 0.29) is 5.91 Å². The monoisotopic (exact) mass is 403 g/mol. The molecule has 3 aliphatic rings. The fourth-order valence-corrected chi connectivity index (χ4v) is 5.61. The molecule has 6 nitrogen and oxygen atoms in total. The van der Waals surface area contributed by atoms with Crippen LogP contribution in [0.2, 0.25) is 0 Å². The van der Waals surface area contributed by atoms with Crippen LogP contribution in [0, 0.1) is 0 Å². The molecule has 2 aromatic rings. The zero-order valence-electron chi connectivity index (χ0n) is 15.8. The van der Waals surface area contributed by atoms with Gasteiger partial charge in [0.15, 0.2) is 5.13 Å². The number of rotatable bonds is 3. The molecule has 28 heavy (non-hydrogen) atoms. The molecule has 3 fully saturated rings. The Balaban J connectivity index is 1.31. The average Bonchev–Trinajstić information content (AvgIpc) is 3.41. The molecule has 0 aliphatic carbocycles. The number of amides is 1. The smallest absolute Gasteiger partial charge is 0.255 e. The van der Waals surface area contributed by atoms with Crippen molar-refractivity contribution >= 4 is 38.3 Å². The first-order valence-electron chi connectivity index (χ1n) is 10.1. The van der Waals surface area contributed by atoms with Crippen molar-refractivity contribution in [2.24, 2.45) is 0 Å². The van der Waals surface area contributed by atoms with Gasteiger partial charge in [-0.1, -0.05) is 11.3 Å². The van der Waals surface area contributed by atoms with Crippen molar-refractivity contribution in [1.29, 1.82) is 0 Å². The van der Waals surface area contributed by atoms with Crippen molar-refractivity contribution in [2.45, 2.75) is 44.0 Å². The number of fused-ring (bicyclic) bond motifs is 1. The topological polar surface area (TPSA) is 59.9 Å². The fourth-order valence-electron chi connectivity index (χ4n) is 4.57. The van der Waals surface area contributed by atoms with Crippen LogP contribution in [0.1, 0.15) is 25.7 Å². The minimum Gasteiger partial charge on any atom is -0.383 e. The summed E-state index contributed by atoms with van der Waals surface area (Å²) in [6.45, 7) is 4.20. The van der Waals surface area contributed by atoms with Gasteiger partial charge in [-0.15, -0.1) is 0 Å². The van der Waals surface area contributed by atoms with Crippen LogP contribution in [-0.4, -0.2) is 71.9 Å². The van der Waals surface area contributed by atoms with Gasteiger partial charge in [-0.25, -0.2) is 9.37 Å². The number of nitrogens with zero attached hydrogens (tertiary/aromatic N) is 4. The second-order valence-electron chi connectivity index (χ2n) is 8.04. The molecule has 0 spiro atoms. The first-order valence-corrected chi connectivity index (χ1v) is 10.9. The number of piperidine rings is 1. The molecule has 0 radical (unpaired) electrons. The highest BCUT2D eigenvalue weighted by atomic mass is 32.1. The average molecular weight is 404 g/mol. The van der Waals surface area contributed by atoms with Gasteiger partial charge in [0.05, 0.1) is 10.2 Å². The van der Waals surface area contributed by atoms with Crippen LogP contribution in [0.25, 0.3) is 10.2 Å². The molecule has 4 heterocycles. The second kappa shape index (κ2) is 7.24. The molecule has 5 rings (SSSR count). The van der Waals surface area contributed by atoms with E-state index in [1.807, 2.05) is 18.2 Å². The van der Waals surface area contributed by atoms with E-state index in [2.05, 4.69) is 9.80 Å². The summed E-state index contributed by atoms with van der Waals surface area (Å²) in [5.41, 5.74) is 1.77. The van der Waals surface area contributed by atoms with Crippen LogP contribution in [-0.2, 0) is 4.79 Å². The Hall–Kier alpha value is -1.77. The molecule has 1 amide bonds. The molecule has 0 unspecified atom stereocenters. The summed E-state index contributed by atoms with van der Waals surface area (Å²) in [5.74, 6) is -0.219. The largest absolute Gasteiger partial charge is 0.383 e. The maximum atomic E-state index is 13.4. The number of halogens is 1. The number of aliphatic hydroxyl groups excluding tert-OH is 1. The summed E-state index contributed by atoms with van der Waals surface area (Å²) >= 11 is 1.65. The third-order valence-corrected chi connectivity index (χ3v) is 7.34. The highest BCUT2D eigenvalue weighted by molar-refractivity contribution is 7.22. The SMILES string of the molecule is O=C1[C@@H](O)CCN1c1ccc2nc(N3CC[C@@H](N4CCC([18F])CC4)C3)sc2c1. The lowest BCUT2D eigenvalue weighted by Crippen LogP contribution is -2.43. The highest BCUT2D eigenvalue weighted by Gasteiger charge is 2.33. The maximum Gasteiger partial charge on any atom is 0.255 e. The van der Waals surface area contributed by atoms with E-state index in [0.29, 0.717) is 31.8 Å². The first-order chi connectivity index (χ1) is 13.6. The summed E-state index contributed by atoms with van der Waals surface area (Å²) in [7, 11) is 0. The van der Waals surface area contributed by atoms with Gasteiger partial charge in [0.1, 0.15) is 12.3 Å². The molecule has 0 saturated carbocycles. The molecule has 150 valence electrons. The highest BCUT2D eigenvalue weighted by Crippen LogP contribution is 2.35. The van der Waals surface area contributed by atoms with E-state index in [4.69, 9.17) is 4.98 Å². The van der Waals surface area contributed by atoms with Gasteiger partial charge in [-0.3, -0.25) is 9.69 Å². The zero-order valence-corrected chi connectivity index (χ0v) is 16.6. The fraction of sp³-hybridized carbons (Fsp3) is 0.600. The van der Waals surface area contributed by atoms with Crippen molar-refractivity contribution < 1.29 is 14.3 Å². The van der Waals surface area contributed by atoms with Crippen LogP contribution in [0.15, 0.2) is 18.2 Å². The van der Waals surface area contributed by atoms with Gasteiger partial charge in [0.25, 0.3) is 5.91 Å². The van der Waals surface area contributed by atoms with E-state index < -0.39 is 12.3 Å². The lowest BCUT2D eigenvalue weighted by molar-refractivity contribution is -0.123. The third-order valence-electron chi connectivity index (χ3n) is 6.26. The molecule has 3 saturated heterocycles. The Labute approximate surface area is 167 Å². The summed E-state index contributed by atoms with van der Waals surface area (Å²) in [5, 5.41) is 10.7. The number of hydrogen-bond acceptors (Lipinski definition) is 6. The quantitative estimate of drug-likeness (QED) is 0.853. The predicted octanol–water partition coefficient (Wildman–Crippen LogP) is 2.41. The molecular formula is C20H25FN4O2S. The van der Waals surface area contributed by atoms with Crippen molar-refractivity contribution in [3.63, 3.8) is 0 Å². The number of benzene rings is 1. The maximum absolute atomic E-state index is 13.4. The van der Waals surface area contributed by atoms with Gasteiger partial charge >= 0.3 is 0 Å². The summed E-state index contributed by atoms with van der Waals surface area (Å²) < 4.78 is 14.5. The molecule has 1 aromatic heterocycles. The molecule has 2 atom stereocenters. The molecule has 1 N–H and O–H groups in total. The minimum atomic E-state index is -0.878. The summed E-state index contributed by atoms with van der Waals surface area (Å²) in [6, 6.07) is 6.36. The Morgan fingerprint density at radius 3 is 2.68 bits per heavy atom. The number of hydrogen-bond donors (Lipinski definition) is 1. The minimum absolute atomic E-state index is 0.219. The summed E-state index contributed by atoms with van der Waals surface area (Å²) in [4.78, 5) is 23.3. The number of aliphatic hydroxyl groups is 1. The van der Waals surface area contributed by atoms with Gasteiger partial charge < -0.3 is 14.9 Å². The Bertz CT molecular complexity index is 882. The van der Waals surface area contributed by atoms with E-state index in [1.165, 1.54) is 0 Å². The number of likely N-dealkylation sites (tertiary alicyclic amines) is 1. The van der Waals surface area contributed by atoms with Crippen molar-refractivity contribution in [3.8, 4) is 0 Å². The predicted molar refractivity (Wildman–Crippen MR) is 109 cm³/mol. The van der Waals surface area contributed by atoms with Crippen molar-refractivity contribution in [3.05, 3.63) is 18.2 Å². The van der Waals surface area contributed by atoms with E-state index in [0.717, 1.165) is 53.6 Å². The molecule has 8 heteroatoms. The Morgan fingerprint density at radius 2 is 1.93 bits per heavy atom. The summed E-state index contributed by atoms with van der Waals surface area (Å²) in [6.07, 6.45) is 1.39. The number of anilines is 2. The van der Waals surface area contributed by atoms with Gasteiger partial charge in [0, 0.05) is 50.9 Å². The second-order valence-corrected chi connectivity index (χ2v) is 9.05. The van der Waals surface area contributed by atoms with Crippen LogP contribution in [0.3, 0.4) is 0 Å². The van der Waals surface area contributed by atoms with Crippen LogP contribution in [0.4, 0.5) is 15.2 Å². The Kier molecular flexibility index (Phi) is 4.72. The van der Waals surface area contributed by atoms with Crippen LogP contribution >= 0.6 is 11.3 Å². The van der Waals surface area contributed by atoms with Gasteiger partial charge in [-0.05, 0) is 37.5 Å². The van der Waals surface area contributed by atoms with E-state index >= 15 is 0 Å². The number of carbonyl (C=O) groups is 1. The lowest BCUT2D eigenvalue weighted by Gasteiger charge is -2.33. The standard InChI is InChI=1S/C20H25FN4O2S/c21-13-3-7-23(8-4-13)15-5-9-24(12-15)20-22-16-2-1-14(11-18(16)28-20)25-10-6-17(26)19(25)27/h1-2,11,13,15,17,26H,3-10,12H2/t15-,17+/m1/s1/i21-1. The molecule has 0 bridgehead atoms. The van der Waals surface area contributed by atoms with E-state index in [9.17, 15) is 14.3 Å². The molecule has 3 aliphatic heterocycles. The normalized spacial score (nSPS) is 27.4. The third kappa shape index (κ3) is 3.27. The number of alkyl halides is 1. The number of aromatic nitrogens is 1. The first kappa shape index (κ1) is 18.3. The molecular weight excluding hydrogens is 378 g/mol. The number of thiazole rings is 1. The number of carbonyl (C=O) groups excluding carboxylic acids is 1. The van der Waals surface area contributed by atoms with Gasteiger partial charge in [0.2, 0.25) is 0 Å². The molecule has 1 aromatic carbocycles. The zero-order chi connectivity index (χ0) is 19.3. The van der Waals surface area contributed by atoms with Crippen LogP contribution < -0.4 is 9.80 Å². The lowest BCUT2D eigenvalue weighted by atomic mass is 10.1.